The van der Waals surface area contributed by atoms with Crippen LogP contribution in [0.15, 0.2) is 24.3 Å². The lowest BCUT2D eigenvalue weighted by Crippen LogP contribution is -2.01. The molecule has 0 radical (unpaired) electrons. The standard InChI is InChI=1S/C14H14N4O4/c1-7-3-9(5-11(13(7)15)17(19)20)10-4-8(2)14(16)12(6-10)18(21)22/h3-6H,15-16H2,1-2H3. The lowest BCUT2D eigenvalue weighted by Gasteiger charge is -2.09. The molecule has 8 heteroatoms. The lowest BCUT2D eigenvalue weighted by molar-refractivity contribution is -0.384. The van der Waals surface area contributed by atoms with Crippen molar-refractivity contribution >= 4 is 22.7 Å². The van der Waals surface area contributed by atoms with Crippen molar-refractivity contribution < 1.29 is 9.85 Å². The highest BCUT2D eigenvalue weighted by Crippen LogP contribution is 2.36. The van der Waals surface area contributed by atoms with Gasteiger partial charge in [-0.25, -0.2) is 0 Å². The summed E-state index contributed by atoms with van der Waals surface area (Å²) in [6, 6.07) is 5.90. The van der Waals surface area contributed by atoms with Gasteiger partial charge >= 0.3 is 0 Å². The van der Waals surface area contributed by atoms with Crippen LogP contribution in [0.1, 0.15) is 11.1 Å². The molecule has 0 aliphatic carbocycles. The Labute approximate surface area is 125 Å². The minimum absolute atomic E-state index is 0.0791. The first-order chi connectivity index (χ1) is 10.2. The van der Waals surface area contributed by atoms with Gasteiger partial charge in [0, 0.05) is 12.1 Å². The van der Waals surface area contributed by atoms with Gasteiger partial charge in [-0.1, -0.05) is 0 Å². The van der Waals surface area contributed by atoms with Crippen molar-refractivity contribution in [3.05, 3.63) is 55.6 Å². The van der Waals surface area contributed by atoms with Crippen LogP contribution in [0, 0.1) is 34.1 Å². The maximum absolute atomic E-state index is 11.1. The molecule has 0 heterocycles. The Hall–Kier alpha value is -3.16. The van der Waals surface area contributed by atoms with Gasteiger partial charge in [0.2, 0.25) is 0 Å². The summed E-state index contributed by atoms with van der Waals surface area (Å²) in [6.45, 7) is 3.29. The summed E-state index contributed by atoms with van der Waals surface area (Å²) in [5, 5.41) is 22.1. The Morgan fingerprint density at radius 3 is 1.36 bits per heavy atom. The van der Waals surface area contributed by atoms with Crippen LogP contribution in [0.3, 0.4) is 0 Å². The molecule has 0 atom stereocenters. The molecule has 8 nitrogen and oxygen atoms in total. The number of nitrogens with two attached hydrogens (primary N) is 2. The largest absolute Gasteiger partial charge is 0.393 e. The van der Waals surface area contributed by atoms with E-state index in [9.17, 15) is 20.2 Å². The van der Waals surface area contributed by atoms with E-state index in [0.717, 1.165) is 0 Å². The van der Waals surface area contributed by atoms with Gasteiger partial charge in [0.05, 0.1) is 9.85 Å². The van der Waals surface area contributed by atoms with Crippen LogP contribution in [-0.4, -0.2) is 9.85 Å². The number of nitrogen functional groups attached to an aromatic ring is 2. The Bertz CT molecular complexity index is 734. The van der Waals surface area contributed by atoms with Crippen LogP contribution in [0.25, 0.3) is 11.1 Å². The molecule has 0 aliphatic heterocycles. The fourth-order valence-electron chi connectivity index (χ4n) is 2.19. The summed E-state index contributed by atoms with van der Waals surface area (Å²) in [5.74, 6) is 0. The molecule has 0 fully saturated rings. The molecule has 0 aromatic heterocycles. The third-order valence-corrected chi connectivity index (χ3v) is 3.46. The molecule has 2 aromatic rings. The molecule has 114 valence electrons. The highest BCUT2D eigenvalue weighted by Gasteiger charge is 2.19. The zero-order valence-corrected chi connectivity index (χ0v) is 12.0. The zero-order chi connectivity index (χ0) is 16.6. The van der Waals surface area contributed by atoms with Crippen molar-refractivity contribution in [2.24, 2.45) is 0 Å². The molecule has 0 aliphatic rings. The quantitative estimate of drug-likeness (QED) is 0.507. The van der Waals surface area contributed by atoms with Crippen LogP contribution in [-0.2, 0) is 0 Å². The minimum atomic E-state index is -0.579. The third-order valence-electron chi connectivity index (χ3n) is 3.46. The molecule has 0 saturated heterocycles. The van der Waals surface area contributed by atoms with Crippen molar-refractivity contribution in [1.29, 1.82) is 0 Å². The zero-order valence-electron chi connectivity index (χ0n) is 12.0. The van der Waals surface area contributed by atoms with E-state index in [2.05, 4.69) is 0 Å². The van der Waals surface area contributed by atoms with Crippen molar-refractivity contribution in [3.8, 4) is 11.1 Å². The van der Waals surface area contributed by atoms with Gasteiger partial charge in [0.15, 0.2) is 0 Å². The third kappa shape index (κ3) is 2.53. The molecule has 0 amide bonds. The smallest absolute Gasteiger partial charge is 0.292 e. The molecule has 0 saturated carbocycles. The summed E-state index contributed by atoms with van der Waals surface area (Å²) >= 11 is 0. The van der Waals surface area contributed by atoms with E-state index in [-0.39, 0.29) is 22.7 Å². The Morgan fingerprint density at radius 2 is 1.09 bits per heavy atom. The number of nitro benzene ring substituents is 2. The van der Waals surface area contributed by atoms with E-state index in [4.69, 9.17) is 11.5 Å². The lowest BCUT2D eigenvalue weighted by atomic mass is 9.98. The van der Waals surface area contributed by atoms with Crippen LogP contribution in [0.4, 0.5) is 22.7 Å². The molecular formula is C14H14N4O4. The Kier molecular flexibility index (Phi) is 3.68. The van der Waals surface area contributed by atoms with Gasteiger partial charge in [-0.05, 0) is 48.2 Å². The van der Waals surface area contributed by atoms with E-state index < -0.39 is 9.85 Å². The second-order valence-corrected chi connectivity index (χ2v) is 4.97. The average Bonchev–Trinajstić information content (AvgIpc) is 2.43. The Morgan fingerprint density at radius 1 is 0.773 bits per heavy atom. The number of anilines is 2. The summed E-state index contributed by atoms with van der Waals surface area (Å²) in [5.41, 5.74) is 13.1. The topological polar surface area (TPSA) is 138 Å². The first-order valence-corrected chi connectivity index (χ1v) is 6.31. The number of rotatable bonds is 3. The summed E-state index contributed by atoms with van der Waals surface area (Å²) < 4.78 is 0. The maximum Gasteiger partial charge on any atom is 0.292 e. The van der Waals surface area contributed by atoms with Gasteiger partial charge in [0.25, 0.3) is 11.4 Å². The fourth-order valence-corrected chi connectivity index (χ4v) is 2.19. The number of benzene rings is 2. The number of nitrogens with zero attached hydrogens (tertiary/aromatic N) is 2. The SMILES string of the molecule is Cc1cc(-c2cc(C)c(N)c([N+](=O)[O-])c2)cc([N+](=O)[O-])c1N. The van der Waals surface area contributed by atoms with Crippen LogP contribution in [0.2, 0.25) is 0 Å². The number of hydrogen-bond donors (Lipinski definition) is 2. The summed E-state index contributed by atoms with van der Waals surface area (Å²) in [6.07, 6.45) is 0. The molecule has 4 N–H and O–H groups in total. The van der Waals surface area contributed by atoms with E-state index in [1.165, 1.54) is 12.1 Å². The van der Waals surface area contributed by atoms with Crippen LogP contribution in [0.5, 0.6) is 0 Å². The normalized spacial score (nSPS) is 10.5. The number of aryl methyl sites for hydroxylation is 2. The van der Waals surface area contributed by atoms with E-state index in [0.29, 0.717) is 22.3 Å². The van der Waals surface area contributed by atoms with Crippen LogP contribution >= 0.6 is 0 Å². The van der Waals surface area contributed by atoms with Crippen LogP contribution < -0.4 is 11.5 Å². The number of nitro groups is 2. The minimum Gasteiger partial charge on any atom is -0.393 e. The van der Waals surface area contributed by atoms with Crippen molar-refractivity contribution in [2.45, 2.75) is 13.8 Å². The molecule has 22 heavy (non-hydrogen) atoms. The second-order valence-electron chi connectivity index (χ2n) is 4.97. The van der Waals surface area contributed by atoms with Crippen molar-refractivity contribution in [3.63, 3.8) is 0 Å². The van der Waals surface area contributed by atoms with E-state index >= 15 is 0 Å². The van der Waals surface area contributed by atoms with Crippen molar-refractivity contribution in [1.82, 2.24) is 0 Å². The highest BCUT2D eigenvalue weighted by atomic mass is 16.6. The first kappa shape index (κ1) is 15.2. The van der Waals surface area contributed by atoms with Gasteiger partial charge < -0.3 is 11.5 Å². The summed E-state index contributed by atoms with van der Waals surface area (Å²) in [4.78, 5) is 20.9. The highest BCUT2D eigenvalue weighted by molar-refractivity contribution is 5.79. The first-order valence-electron chi connectivity index (χ1n) is 6.31. The van der Waals surface area contributed by atoms with Crippen molar-refractivity contribution in [2.75, 3.05) is 11.5 Å². The van der Waals surface area contributed by atoms with Gasteiger partial charge in [0.1, 0.15) is 11.4 Å². The molecule has 0 spiro atoms. The molecule has 0 bridgehead atoms. The molecule has 0 unspecified atom stereocenters. The summed E-state index contributed by atoms with van der Waals surface area (Å²) in [7, 11) is 0. The molecule has 2 aromatic carbocycles. The van der Waals surface area contributed by atoms with E-state index in [1.807, 2.05) is 0 Å². The number of hydrogen-bond acceptors (Lipinski definition) is 6. The Balaban J connectivity index is 2.72. The van der Waals surface area contributed by atoms with Gasteiger partial charge in [-0.2, -0.15) is 0 Å². The van der Waals surface area contributed by atoms with Gasteiger partial charge in [-0.15, -0.1) is 0 Å². The molecule has 2 rings (SSSR count). The molecular weight excluding hydrogens is 288 g/mol. The predicted molar refractivity (Wildman–Crippen MR) is 83.5 cm³/mol. The predicted octanol–water partition coefficient (Wildman–Crippen LogP) is 2.95. The fraction of sp³-hybridized carbons (Fsp3) is 0.143. The maximum atomic E-state index is 11.1. The second kappa shape index (κ2) is 5.32. The van der Waals surface area contributed by atoms with Gasteiger partial charge in [-0.3, -0.25) is 20.2 Å². The average molecular weight is 302 g/mol. The monoisotopic (exact) mass is 302 g/mol. The van der Waals surface area contributed by atoms with E-state index in [1.54, 1.807) is 26.0 Å².